The molecule has 1 amide bonds. The van der Waals surface area contributed by atoms with Crippen molar-refractivity contribution in [3.05, 3.63) is 42.0 Å². The van der Waals surface area contributed by atoms with Gasteiger partial charge in [-0.1, -0.05) is 20.8 Å². The lowest BCUT2D eigenvalue weighted by Gasteiger charge is -2.26. The monoisotopic (exact) mass is 489 g/mol. The zero-order valence-electron chi connectivity index (χ0n) is 19.7. The van der Waals surface area contributed by atoms with Crippen LogP contribution >= 0.6 is 0 Å². The van der Waals surface area contributed by atoms with E-state index in [-0.39, 0.29) is 29.0 Å². The topological polar surface area (TPSA) is 128 Å². The molecule has 1 aliphatic rings. The first-order chi connectivity index (χ1) is 16.1. The summed E-state index contributed by atoms with van der Waals surface area (Å²) in [5.41, 5.74) is 1.36. The van der Waals surface area contributed by atoms with Gasteiger partial charge in [0.1, 0.15) is 5.82 Å². The van der Waals surface area contributed by atoms with E-state index in [1.807, 2.05) is 0 Å². The Labute approximate surface area is 199 Å². The molecule has 2 N–H and O–H groups in total. The number of ether oxygens (including phenoxy) is 1. The number of aromatic nitrogens is 4. The van der Waals surface area contributed by atoms with Crippen LogP contribution in [0.1, 0.15) is 49.8 Å². The number of nitrogens with zero attached hydrogens (tertiary/aromatic N) is 4. The Morgan fingerprint density at radius 3 is 2.68 bits per heavy atom. The van der Waals surface area contributed by atoms with Crippen molar-refractivity contribution in [3.63, 3.8) is 0 Å². The number of amides is 1. The van der Waals surface area contributed by atoms with E-state index in [9.17, 15) is 13.2 Å². The summed E-state index contributed by atoms with van der Waals surface area (Å²) in [4.78, 5) is 16.9. The average molecular weight is 490 g/mol. The van der Waals surface area contributed by atoms with Crippen molar-refractivity contribution in [2.24, 2.45) is 5.92 Å². The van der Waals surface area contributed by atoms with Gasteiger partial charge in [0, 0.05) is 31.7 Å². The summed E-state index contributed by atoms with van der Waals surface area (Å²) in [7, 11) is -4.02. The van der Waals surface area contributed by atoms with Gasteiger partial charge in [0.15, 0.2) is 0 Å². The van der Waals surface area contributed by atoms with Crippen LogP contribution < -0.4 is 5.32 Å². The smallest absolute Gasteiger partial charge is 0.283 e. The number of fused-ring (bicyclic) bond motifs is 1. The Balaban J connectivity index is 1.69. The highest BCUT2D eigenvalue weighted by Gasteiger charge is 2.27. The molecule has 1 fully saturated rings. The number of benzene rings is 1. The molecule has 0 bridgehead atoms. The van der Waals surface area contributed by atoms with E-state index in [0.717, 1.165) is 54.2 Å². The summed E-state index contributed by atoms with van der Waals surface area (Å²) in [5, 5.41) is 15.2. The van der Waals surface area contributed by atoms with Gasteiger partial charge in [-0.3, -0.25) is 4.79 Å². The summed E-state index contributed by atoms with van der Waals surface area (Å²) >= 11 is 0. The third kappa shape index (κ3) is 4.86. The van der Waals surface area contributed by atoms with Crippen LogP contribution in [-0.2, 0) is 26.7 Å². The highest BCUT2D eigenvalue weighted by atomic mass is 32.2. The highest BCUT2D eigenvalue weighted by molar-refractivity contribution is 7.89. The molecular formula is C23H31N5O5S. The number of carbonyl (C=O) groups excluding carboxylic acids is 1. The number of aliphatic hydroxyl groups is 1. The van der Waals surface area contributed by atoms with E-state index in [0.29, 0.717) is 11.4 Å². The van der Waals surface area contributed by atoms with Crippen LogP contribution in [0.4, 0.5) is 0 Å². The second kappa shape index (κ2) is 9.47. The minimum Gasteiger partial charge on any atom is -0.395 e. The largest absolute Gasteiger partial charge is 0.395 e. The maximum atomic E-state index is 13.2. The van der Waals surface area contributed by atoms with E-state index in [1.165, 1.54) is 6.20 Å². The summed E-state index contributed by atoms with van der Waals surface area (Å²) in [5.74, 6) is 0.883. The minimum atomic E-state index is -4.02. The number of hydrogen-bond donors (Lipinski definition) is 2. The van der Waals surface area contributed by atoms with Crippen LogP contribution in [-0.4, -0.2) is 64.5 Å². The van der Waals surface area contributed by atoms with E-state index < -0.39 is 15.9 Å². The normalized spacial score (nSPS) is 15.6. The molecule has 1 aliphatic heterocycles. The van der Waals surface area contributed by atoms with Crippen molar-refractivity contribution >= 4 is 27.0 Å². The summed E-state index contributed by atoms with van der Waals surface area (Å²) in [6, 6.07) is 4.91. The lowest BCUT2D eigenvalue weighted by molar-refractivity contribution is 0.0611. The summed E-state index contributed by atoms with van der Waals surface area (Å²) in [6.45, 7) is 8.47. The van der Waals surface area contributed by atoms with Gasteiger partial charge in [0.05, 0.1) is 40.5 Å². The van der Waals surface area contributed by atoms with E-state index in [1.54, 1.807) is 18.2 Å². The van der Waals surface area contributed by atoms with Crippen LogP contribution in [0, 0.1) is 5.92 Å². The van der Waals surface area contributed by atoms with Gasteiger partial charge in [-0.25, -0.2) is 4.98 Å². The molecule has 4 rings (SSSR count). The second-order valence-corrected chi connectivity index (χ2v) is 11.4. The molecular weight excluding hydrogens is 458 g/mol. The highest BCUT2D eigenvalue weighted by Crippen LogP contribution is 2.30. The lowest BCUT2D eigenvalue weighted by Crippen LogP contribution is -2.26. The van der Waals surface area contributed by atoms with Crippen LogP contribution in [0.15, 0.2) is 35.5 Å². The third-order valence-corrected chi connectivity index (χ3v) is 7.48. The minimum absolute atomic E-state index is 0.0431. The standard InChI is InChI=1S/C23H31N5O5S/c1-23(2,3)22-26-19-12-18(4-5-20(19)27(22)14-16-6-10-33-11-7-16)34(31,32)28-15-17(13-25-28)21(30)24-8-9-29/h4-5,12-13,15-16,29H,6-11,14H2,1-3H3,(H,24,30). The molecule has 0 radical (unpaired) electrons. The fraction of sp³-hybridized carbons (Fsp3) is 0.522. The zero-order chi connectivity index (χ0) is 24.5. The predicted molar refractivity (Wildman–Crippen MR) is 126 cm³/mol. The third-order valence-electron chi connectivity index (χ3n) is 5.94. The van der Waals surface area contributed by atoms with E-state index >= 15 is 0 Å². The number of rotatable bonds is 7. The van der Waals surface area contributed by atoms with Crippen LogP contribution in [0.25, 0.3) is 11.0 Å². The van der Waals surface area contributed by atoms with Crippen molar-refractivity contribution < 1.29 is 23.1 Å². The Hall–Kier alpha value is -2.76. The van der Waals surface area contributed by atoms with Crippen molar-refractivity contribution in [1.82, 2.24) is 24.1 Å². The average Bonchev–Trinajstić information content (AvgIpc) is 3.44. The van der Waals surface area contributed by atoms with Gasteiger partial charge in [0.2, 0.25) is 0 Å². The summed E-state index contributed by atoms with van der Waals surface area (Å²) in [6.07, 6.45) is 4.33. The number of hydrogen-bond acceptors (Lipinski definition) is 7. The molecule has 2 aromatic heterocycles. The van der Waals surface area contributed by atoms with Crippen molar-refractivity contribution in [3.8, 4) is 0 Å². The van der Waals surface area contributed by atoms with Crippen LogP contribution in [0.3, 0.4) is 0 Å². The molecule has 34 heavy (non-hydrogen) atoms. The Morgan fingerprint density at radius 1 is 1.26 bits per heavy atom. The molecule has 184 valence electrons. The SMILES string of the molecule is CC(C)(C)c1nc2cc(S(=O)(=O)n3cc(C(=O)NCCO)cn3)ccc2n1CC1CCOCC1. The molecule has 3 aromatic rings. The van der Waals surface area contributed by atoms with Gasteiger partial charge < -0.3 is 19.7 Å². The maximum absolute atomic E-state index is 13.2. The van der Waals surface area contributed by atoms with Crippen LogP contribution in [0.2, 0.25) is 0 Å². The molecule has 3 heterocycles. The van der Waals surface area contributed by atoms with Gasteiger partial charge >= 0.3 is 0 Å². The maximum Gasteiger partial charge on any atom is 0.283 e. The predicted octanol–water partition coefficient (Wildman–Crippen LogP) is 1.92. The van der Waals surface area contributed by atoms with Gasteiger partial charge in [0.25, 0.3) is 15.9 Å². The molecule has 0 spiro atoms. The van der Waals surface area contributed by atoms with Crippen molar-refractivity contribution in [1.29, 1.82) is 0 Å². The van der Waals surface area contributed by atoms with Crippen molar-refractivity contribution in [2.75, 3.05) is 26.4 Å². The number of aliphatic hydroxyl groups excluding tert-OH is 1. The molecule has 0 aliphatic carbocycles. The molecule has 0 atom stereocenters. The molecule has 0 saturated carbocycles. The fourth-order valence-corrected chi connectivity index (χ4v) is 5.29. The van der Waals surface area contributed by atoms with Crippen molar-refractivity contribution in [2.45, 2.75) is 50.5 Å². The Morgan fingerprint density at radius 2 is 2.00 bits per heavy atom. The molecule has 11 heteroatoms. The van der Waals surface area contributed by atoms with Crippen LogP contribution in [0.5, 0.6) is 0 Å². The van der Waals surface area contributed by atoms with E-state index in [2.05, 4.69) is 35.8 Å². The van der Waals surface area contributed by atoms with Gasteiger partial charge in [-0.05, 0) is 37.0 Å². The summed E-state index contributed by atoms with van der Waals surface area (Å²) < 4.78 is 34.9. The first-order valence-corrected chi connectivity index (χ1v) is 12.8. The number of nitrogens with one attached hydrogen (secondary N) is 1. The number of carbonyl (C=O) groups is 1. The molecule has 10 nitrogen and oxygen atoms in total. The zero-order valence-corrected chi connectivity index (χ0v) is 20.5. The van der Waals surface area contributed by atoms with E-state index in [4.69, 9.17) is 14.8 Å². The van der Waals surface area contributed by atoms with Gasteiger partial charge in [-0.2, -0.15) is 17.6 Å². The first-order valence-electron chi connectivity index (χ1n) is 11.4. The second-order valence-electron chi connectivity index (χ2n) is 9.59. The quantitative estimate of drug-likeness (QED) is 0.519. The Bertz CT molecular complexity index is 1280. The Kier molecular flexibility index (Phi) is 6.79. The molecule has 1 aromatic carbocycles. The number of imidazole rings is 1. The fourth-order valence-electron chi connectivity index (χ4n) is 4.15. The lowest BCUT2D eigenvalue weighted by atomic mass is 9.94. The molecule has 0 unspecified atom stereocenters. The first kappa shape index (κ1) is 24.4. The molecule has 1 saturated heterocycles. The van der Waals surface area contributed by atoms with Gasteiger partial charge in [-0.15, -0.1) is 0 Å².